The minimum absolute atomic E-state index is 0.214. The van der Waals surface area contributed by atoms with Crippen molar-refractivity contribution in [2.45, 2.75) is 24.1 Å². The molecule has 1 saturated heterocycles. The van der Waals surface area contributed by atoms with Gasteiger partial charge in [0.2, 0.25) is 0 Å². The van der Waals surface area contributed by atoms with Crippen LogP contribution in [0.4, 0.5) is 11.4 Å². The van der Waals surface area contributed by atoms with Crippen molar-refractivity contribution in [2.75, 3.05) is 35.8 Å². The van der Waals surface area contributed by atoms with Crippen molar-refractivity contribution in [3.63, 3.8) is 0 Å². The first-order valence-electron chi connectivity index (χ1n) is 8.22. The van der Waals surface area contributed by atoms with Crippen molar-refractivity contribution in [3.8, 4) is 0 Å². The average Bonchev–Trinajstić information content (AvgIpc) is 3.03. The summed E-state index contributed by atoms with van der Waals surface area (Å²) in [6.45, 7) is 8.50. The van der Waals surface area contributed by atoms with Gasteiger partial charge in [0.1, 0.15) is 4.21 Å². The lowest BCUT2D eigenvalue weighted by Gasteiger charge is -2.38. The number of hydrogen-bond acceptors (Lipinski definition) is 5. The molecule has 0 spiro atoms. The first kappa shape index (κ1) is 18.5. The predicted octanol–water partition coefficient (Wildman–Crippen LogP) is 3.73. The van der Waals surface area contributed by atoms with Crippen LogP contribution in [0.5, 0.6) is 0 Å². The lowest BCUT2D eigenvalue weighted by molar-refractivity contribution is 0.209. The first-order chi connectivity index (χ1) is 11.8. The van der Waals surface area contributed by atoms with Gasteiger partial charge < -0.3 is 4.90 Å². The molecule has 1 aromatic heterocycles. The highest BCUT2D eigenvalue weighted by Crippen LogP contribution is 2.28. The van der Waals surface area contributed by atoms with Crippen molar-refractivity contribution in [2.24, 2.45) is 0 Å². The topological polar surface area (TPSA) is 52.6 Å². The van der Waals surface area contributed by atoms with Crippen molar-refractivity contribution < 1.29 is 8.42 Å². The standard InChI is InChI=1S/C17H22ClN3O2S2/c1-13(2)20-9-11-21(12-10-20)15-5-3-14(4-6-15)19-25(22,23)17-8-7-16(18)24-17/h3-8,13,19H,9-12H2,1-2H3. The number of hydrogen-bond donors (Lipinski definition) is 1. The van der Waals surface area contributed by atoms with Gasteiger partial charge in [0.05, 0.1) is 4.34 Å². The molecule has 1 N–H and O–H groups in total. The van der Waals surface area contributed by atoms with Crippen LogP contribution in [-0.4, -0.2) is 45.5 Å². The summed E-state index contributed by atoms with van der Waals surface area (Å²) in [5, 5.41) is 0. The number of piperazine rings is 1. The van der Waals surface area contributed by atoms with E-state index in [-0.39, 0.29) is 4.21 Å². The second-order valence-corrected chi connectivity index (χ2v) is 9.95. The highest BCUT2D eigenvalue weighted by molar-refractivity contribution is 7.94. The quantitative estimate of drug-likeness (QED) is 0.832. The van der Waals surface area contributed by atoms with Crippen LogP contribution in [-0.2, 0) is 10.0 Å². The van der Waals surface area contributed by atoms with E-state index in [1.165, 1.54) is 6.07 Å². The van der Waals surface area contributed by atoms with Crippen molar-refractivity contribution in [1.29, 1.82) is 0 Å². The third-order valence-electron chi connectivity index (χ3n) is 4.34. The van der Waals surface area contributed by atoms with Crippen LogP contribution >= 0.6 is 22.9 Å². The molecular weight excluding hydrogens is 378 g/mol. The van der Waals surface area contributed by atoms with E-state index in [0.717, 1.165) is 43.2 Å². The number of benzene rings is 1. The number of thiophene rings is 1. The van der Waals surface area contributed by atoms with E-state index in [2.05, 4.69) is 28.4 Å². The zero-order valence-corrected chi connectivity index (χ0v) is 16.7. The largest absolute Gasteiger partial charge is 0.369 e. The second-order valence-electron chi connectivity index (χ2n) is 6.33. The summed E-state index contributed by atoms with van der Waals surface area (Å²) in [7, 11) is -3.58. The van der Waals surface area contributed by atoms with Crippen LogP contribution in [0.1, 0.15) is 13.8 Å². The van der Waals surface area contributed by atoms with E-state index < -0.39 is 10.0 Å². The normalized spacial score (nSPS) is 16.4. The second kappa shape index (κ2) is 7.53. The summed E-state index contributed by atoms with van der Waals surface area (Å²) in [5.74, 6) is 0. The molecule has 0 aliphatic carbocycles. The van der Waals surface area contributed by atoms with Crippen molar-refractivity contribution >= 4 is 44.3 Å². The van der Waals surface area contributed by atoms with Gasteiger partial charge in [-0.1, -0.05) is 11.6 Å². The van der Waals surface area contributed by atoms with E-state index in [0.29, 0.717) is 16.1 Å². The fourth-order valence-corrected chi connectivity index (χ4v) is 5.43. The van der Waals surface area contributed by atoms with Gasteiger partial charge in [-0.3, -0.25) is 9.62 Å². The Kier molecular flexibility index (Phi) is 5.58. The molecule has 0 amide bonds. The molecule has 0 radical (unpaired) electrons. The molecule has 1 fully saturated rings. The fraction of sp³-hybridized carbons (Fsp3) is 0.412. The summed E-state index contributed by atoms with van der Waals surface area (Å²) < 4.78 is 27.9. The maximum atomic E-state index is 12.3. The van der Waals surface area contributed by atoms with Crippen LogP contribution in [0, 0.1) is 0 Å². The number of nitrogens with one attached hydrogen (secondary N) is 1. The SMILES string of the molecule is CC(C)N1CCN(c2ccc(NS(=O)(=O)c3ccc(Cl)s3)cc2)CC1. The van der Waals surface area contributed by atoms with E-state index in [1.807, 2.05) is 12.1 Å². The summed E-state index contributed by atoms with van der Waals surface area (Å²) in [6.07, 6.45) is 0. The van der Waals surface area contributed by atoms with E-state index in [1.54, 1.807) is 18.2 Å². The fourth-order valence-electron chi connectivity index (χ4n) is 2.88. The Morgan fingerprint density at radius 3 is 2.20 bits per heavy atom. The zero-order chi connectivity index (χ0) is 18.0. The number of sulfonamides is 1. The van der Waals surface area contributed by atoms with E-state index >= 15 is 0 Å². The molecule has 2 aromatic rings. The summed E-state index contributed by atoms with van der Waals surface area (Å²) in [4.78, 5) is 4.79. The summed E-state index contributed by atoms with van der Waals surface area (Å²) >= 11 is 6.87. The Labute approximate surface area is 158 Å². The third-order valence-corrected chi connectivity index (χ3v) is 7.45. The monoisotopic (exact) mass is 399 g/mol. The summed E-state index contributed by atoms with van der Waals surface area (Å²) in [5.41, 5.74) is 1.67. The molecule has 0 bridgehead atoms. The Morgan fingerprint density at radius 2 is 1.68 bits per heavy atom. The van der Waals surface area contributed by atoms with Gasteiger partial charge in [0.25, 0.3) is 10.0 Å². The molecule has 3 rings (SSSR count). The third kappa shape index (κ3) is 4.47. The molecule has 1 aliphatic rings. The van der Waals surface area contributed by atoms with Gasteiger partial charge in [0.15, 0.2) is 0 Å². The molecule has 1 aliphatic heterocycles. The molecule has 1 aromatic carbocycles. The first-order valence-corrected chi connectivity index (χ1v) is 10.9. The molecule has 2 heterocycles. The lowest BCUT2D eigenvalue weighted by atomic mass is 10.2. The maximum absolute atomic E-state index is 12.3. The molecule has 0 unspecified atom stereocenters. The number of nitrogens with zero attached hydrogens (tertiary/aromatic N) is 2. The Hall–Kier alpha value is -1.28. The van der Waals surface area contributed by atoms with Crippen LogP contribution in [0.25, 0.3) is 0 Å². The van der Waals surface area contributed by atoms with E-state index in [9.17, 15) is 8.42 Å². The van der Waals surface area contributed by atoms with Crippen LogP contribution in [0.2, 0.25) is 4.34 Å². The highest BCUT2D eigenvalue weighted by atomic mass is 35.5. The highest BCUT2D eigenvalue weighted by Gasteiger charge is 2.20. The van der Waals surface area contributed by atoms with Crippen molar-refractivity contribution in [3.05, 3.63) is 40.7 Å². The minimum Gasteiger partial charge on any atom is -0.369 e. The minimum atomic E-state index is -3.58. The van der Waals surface area contributed by atoms with Crippen LogP contribution in [0.3, 0.4) is 0 Å². The van der Waals surface area contributed by atoms with Gasteiger partial charge in [-0.2, -0.15) is 0 Å². The summed E-state index contributed by atoms with van der Waals surface area (Å²) in [6, 6.07) is 11.2. The van der Waals surface area contributed by atoms with Gasteiger partial charge in [0, 0.05) is 43.6 Å². The van der Waals surface area contributed by atoms with Crippen LogP contribution in [0.15, 0.2) is 40.6 Å². The Balaban J connectivity index is 1.65. The smallest absolute Gasteiger partial charge is 0.271 e. The predicted molar refractivity (Wildman–Crippen MR) is 106 cm³/mol. The Bertz CT molecular complexity index is 811. The van der Waals surface area contributed by atoms with Gasteiger partial charge in [-0.15, -0.1) is 11.3 Å². The number of anilines is 2. The molecule has 136 valence electrons. The number of rotatable bonds is 5. The lowest BCUT2D eigenvalue weighted by Crippen LogP contribution is -2.48. The van der Waals surface area contributed by atoms with Crippen LogP contribution < -0.4 is 9.62 Å². The molecule has 5 nitrogen and oxygen atoms in total. The average molecular weight is 400 g/mol. The maximum Gasteiger partial charge on any atom is 0.271 e. The van der Waals surface area contributed by atoms with Gasteiger partial charge >= 0.3 is 0 Å². The van der Waals surface area contributed by atoms with Gasteiger partial charge in [-0.25, -0.2) is 8.42 Å². The molecule has 25 heavy (non-hydrogen) atoms. The van der Waals surface area contributed by atoms with Crippen molar-refractivity contribution in [1.82, 2.24) is 4.90 Å². The zero-order valence-electron chi connectivity index (χ0n) is 14.3. The van der Waals surface area contributed by atoms with E-state index in [4.69, 9.17) is 11.6 Å². The molecule has 0 saturated carbocycles. The van der Waals surface area contributed by atoms with Gasteiger partial charge in [-0.05, 0) is 50.2 Å². The molecule has 8 heteroatoms. The number of halogens is 1. The molecular formula is C17H22ClN3O2S2. The Morgan fingerprint density at radius 1 is 1.04 bits per heavy atom. The molecule has 0 atom stereocenters.